The minimum absolute atomic E-state index is 0.00472. The number of ether oxygens (including phenoxy) is 4. The fourth-order valence-electron chi connectivity index (χ4n) is 3.38. The molecule has 0 radical (unpaired) electrons. The van der Waals surface area contributed by atoms with Gasteiger partial charge < -0.3 is 29.4 Å². The van der Waals surface area contributed by atoms with E-state index in [0.29, 0.717) is 0 Å². The lowest BCUT2D eigenvalue weighted by Crippen LogP contribution is -2.42. The summed E-state index contributed by atoms with van der Waals surface area (Å²) in [5, 5.41) is 11.8. The highest BCUT2D eigenvalue weighted by molar-refractivity contribution is 5.73. The second kappa shape index (κ2) is 9.48. The number of carboxylic acid groups (broad SMARTS) is 1. The molecule has 9 heteroatoms. The zero-order chi connectivity index (χ0) is 19.9. The summed E-state index contributed by atoms with van der Waals surface area (Å²) in [5.74, 6) is -2.21. The third-order valence-electron chi connectivity index (χ3n) is 4.86. The Morgan fingerprint density at radius 2 is 1.78 bits per heavy atom. The van der Waals surface area contributed by atoms with Crippen molar-refractivity contribution in [1.29, 1.82) is 0 Å². The van der Waals surface area contributed by atoms with Crippen LogP contribution in [-0.4, -0.2) is 42.3 Å². The Hall–Kier alpha value is -2.45. The molecule has 0 saturated heterocycles. The van der Waals surface area contributed by atoms with E-state index in [-0.39, 0.29) is 13.0 Å². The van der Waals surface area contributed by atoms with Crippen molar-refractivity contribution in [1.82, 2.24) is 5.32 Å². The number of amides is 1. The van der Waals surface area contributed by atoms with Gasteiger partial charge in [-0.05, 0) is 25.2 Å². The number of hydrogen-bond donors (Lipinski definition) is 2. The van der Waals surface area contributed by atoms with Crippen LogP contribution < -0.4 is 5.32 Å². The molecule has 1 saturated carbocycles. The van der Waals surface area contributed by atoms with Gasteiger partial charge in [-0.1, -0.05) is 19.3 Å². The Bertz CT molecular complexity index is 562. The van der Waals surface area contributed by atoms with Gasteiger partial charge in [0.25, 0.3) is 6.29 Å². The first-order valence-electron chi connectivity index (χ1n) is 9.14. The van der Waals surface area contributed by atoms with Crippen LogP contribution in [0.1, 0.15) is 52.4 Å². The van der Waals surface area contributed by atoms with E-state index < -0.39 is 41.9 Å². The highest BCUT2D eigenvalue weighted by Gasteiger charge is 2.35. The highest BCUT2D eigenvalue weighted by atomic mass is 16.7. The summed E-state index contributed by atoms with van der Waals surface area (Å²) >= 11 is 0. The van der Waals surface area contributed by atoms with Gasteiger partial charge in [0.15, 0.2) is 0 Å². The van der Waals surface area contributed by atoms with E-state index in [9.17, 15) is 14.4 Å². The van der Waals surface area contributed by atoms with Crippen LogP contribution >= 0.6 is 0 Å². The average molecular weight is 385 g/mol. The van der Waals surface area contributed by atoms with Crippen LogP contribution in [0.4, 0.5) is 4.79 Å². The maximum atomic E-state index is 12.0. The molecule has 0 spiro atoms. The summed E-state index contributed by atoms with van der Waals surface area (Å²) in [4.78, 5) is 35.2. The SMILES string of the molecule is CC(OC(=O)NCC1(CC(=O)O)CCCCC1)OC(=O)C(C)C1OC=CO1. The van der Waals surface area contributed by atoms with Gasteiger partial charge in [0.2, 0.25) is 6.29 Å². The van der Waals surface area contributed by atoms with Crippen LogP contribution in [0.25, 0.3) is 0 Å². The van der Waals surface area contributed by atoms with Crippen LogP contribution in [0.3, 0.4) is 0 Å². The molecule has 0 bridgehead atoms. The molecule has 2 aliphatic rings. The summed E-state index contributed by atoms with van der Waals surface area (Å²) in [6, 6.07) is 0. The Balaban J connectivity index is 1.76. The lowest BCUT2D eigenvalue weighted by Gasteiger charge is -2.36. The van der Waals surface area contributed by atoms with Gasteiger partial charge in [-0.2, -0.15) is 0 Å². The highest BCUT2D eigenvalue weighted by Crippen LogP contribution is 2.38. The third kappa shape index (κ3) is 6.33. The van der Waals surface area contributed by atoms with E-state index in [0.717, 1.165) is 32.1 Å². The summed E-state index contributed by atoms with van der Waals surface area (Å²) in [6.45, 7) is 3.21. The van der Waals surface area contributed by atoms with Crippen molar-refractivity contribution >= 4 is 18.0 Å². The van der Waals surface area contributed by atoms with E-state index in [1.54, 1.807) is 6.92 Å². The van der Waals surface area contributed by atoms with Crippen molar-refractivity contribution < 1.29 is 38.4 Å². The topological polar surface area (TPSA) is 120 Å². The molecule has 2 rings (SSSR count). The molecule has 2 atom stereocenters. The first-order chi connectivity index (χ1) is 12.8. The monoisotopic (exact) mass is 385 g/mol. The van der Waals surface area contributed by atoms with Crippen molar-refractivity contribution in [2.45, 2.75) is 65.0 Å². The number of aliphatic carboxylic acids is 1. The smallest absolute Gasteiger partial charge is 0.410 e. The van der Waals surface area contributed by atoms with Crippen LogP contribution in [-0.2, 0) is 28.5 Å². The van der Waals surface area contributed by atoms with Gasteiger partial charge in [-0.25, -0.2) is 4.79 Å². The van der Waals surface area contributed by atoms with Crippen molar-refractivity contribution in [2.24, 2.45) is 11.3 Å². The molecule has 152 valence electrons. The fourth-order valence-corrected chi connectivity index (χ4v) is 3.38. The predicted octanol–water partition coefficient (Wildman–Crippen LogP) is 2.51. The molecule has 9 nitrogen and oxygen atoms in total. The Labute approximate surface area is 158 Å². The number of esters is 1. The van der Waals surface area contributed by atoms with Crippen molar-refractivity contribution in [3.63, 3.8) is 0 Å². The summed E-state index contributed by atoms with van der Waals surface area (Å²) in [5.41, 5.74) is -0.457. The first-order valence-corrected chi connectivity index (χ1v) is 9.14. The lowest BCUT2D eigenvalue weighted by atomic mass is 9.72. The van der Waals surface area contributed by atoms with Gasteiger partial charge in [-0.15, -0.1) is 0 Å². The van der Waals surface area contributed by atoms with E-state index >= 15 is 0 Å². The Morgan fingerprint density at radius 1 is 1.15 bits per heavy atom. The van der Waals surface area contributed by atoms with Crippen molar-refractivity contribution in [2.75, 3.05) is 6.54 Å². The van der Waals surface area contributed by atoms with Crippen LogP contribution in [0.2, 0.25) is 0 Å². The maximum Gasteiger partial charge on any atom is 0.410 e. The first kappa shape index (κ1) is 20.9. The second-order valence-electron chi connectivity index (χ2n) is 7.10. The van der Waals surface area contributed by atoms with Gasteiger partial charge >= 0.3 is 18.0 Å². The summed E-state index contributed by atoms with van der Waals surface area (Å²) < 4.78 is 20.3. The maximum absolute atomic E-state index is 12.0. The zero-order valence-corrected chi connectivity index (χ0v) is 15.6. The molecular formula is C18H27NO8. The van der Waals surface area contributed by atoms with E-state index in [2.05, 4.69) is 5.32 Å². The molecule has 1 aliphatic heterocycles. The summed E-state index contributed by atoms with van der Waals surface area (Å²) in [6.07, 6.45) is 4.50. The number of hydrogen-bond acceptors (Lipinski definition) is 7. The molecule has 0 aromatic carbocycles. The Kier molecular flexibility index (Phi) is 7.32. The molecular weight excluding hydrogens is 358 g/mol. The fraction of sp³-hybridized carbons (Fsp3) is 0.722. The summed E-state index contributed by atoms with van der Waals surface area (Å²) in [7, 11) is 0. The second-order valence-corrected chi connectivity index (χ2v) is 7.10. The number of carboxylic acids is 1. The minimum Gasteiger partial charge on any atom is -0.481 e. The molecule has 1 aliphatic carbocycles. The third-order valence-corrected chi connectivity index (χ3v) is 4.86. The van der Waals surface area contributed by atoms with Crippen LogP contribution in [0.5, 0.6) is 0 Å². The molecule has 1 heterocycles. The molecule has 2 N–H and O–H groups in total. The van der Waals surface area contributed by atoms with Gasteiger partial charge in [0.05, 0.1) is 6.42 Å². The van der Waals surface area contributed by atoms with Crippen molar-refractivity contribution in [3.05, 3.63) is 12.5 Å². The Morgan fingerprint density at radius 3 is 2.37 bits per heavy atom. The molecule has 0 aromatic heterocycles. The molecule has 27 heavy (non-hydrogen) atoms. The van der Waals surface area contributed by atoms with Crippen molar-refractivity contribution in [3.8, 4) is 0 Å². The van der Waals surface area contributed by atoms with E-state index in [1.165, 1.54) is 19.4 Å². The quantitative estimate of drug-likeness (QED) is 0.483. The number of rotatable bonds is 8. The molecule has 1 fully saturated rings. The van der Waals surface area contributed by atoms with E-state index in [1.807, 2.05) is 0 Å². The average Bonchev–Trinajstić information content (AvgIpc) is 3.14. The minimum atomic E-state index is -1.10. The standard InChI is InChI=1S/C18H27NO8/c1-12(16-24-8-9-25-16)15(22)26-13(2)27-17(23)19-11-18(10-14(20)21)6-4-3-5-7-18/h8-9,12-13,16H,3-7,10-11H2,1-2H3,(H,19,23)(H,20,21). The molecule has 2 unspecified atom stereocenters. The van der Waals surface area contributed by atoms with E-state index in [4.69, 9.17) is 24.1 Å². The predicted molar refractivity (Wildman–Crippen MR) is 92.1 cm³/mol. The number of carbonyl (C=O) groups excluding carboxylic acids is 2. The number of nitrogens with one attached hydrogen (secondary N) is 1. The largest absolute Gasteiger partial charge is 0.481 e. The lowest BCUT2D eigenvalue weighted by molar-refractivity contribution is -0.180. The van der Waals surface area contributed by atoms with Crippen LogP contribution in [0.15, 0.2) is 12.5 Å². The normalized spacial score (nSPS) is 20.7. The van der Waals surface area contributed by atoms with Gasteiger partial charge in [0.1, 0.15) is 18.4 Å². The molecule has 0 aromatic rings. The van der Waals surface area contributed by atoms with Gasteiger partial charge in [0, 0.05) is 13.5 Å². The number of carbonyl (C=O) groups is 3. The number of alkyl carbamates (subject to hydrolysis) is 1. The van der Waals surface area contributed by atoms with Crippen LogP contribution in [0, 0.1) is 11.3 Å². The zero-order valence-electron chi connectivity index (χ0n) is 15.6. The van der Waals surface area contributed by atoms with Gasteiger partial charge in [-0.3, -0.25) is 9.59 Å². The molecule has 1 amide bonds.